The number of rotatable bonds is 6. The standard InChI is InChI=1S/C20H18N2O5S2/c1-27-19(25)13-4-6-15(7-5-13)22-18(24)17(23)21-12-20(26,14-8-10-28-11-14)16-3-2-9-29-16/h2-11,26H,12H2,1H3,(H,21,23)(H,22,24). The number of carbonyl (C=O) groups excluding carboxylic acids is 3. The normalized spacial score (nSPS) is 12.6. The predicted octanol–water partition coefficient (Wildman–Crippen LogP) is 2.59. The third kappa shape index (κ3) is 4.70. The van der Waals surface area contributed by atoms with Crippen LogP contribution >= 0.6 is 22.7 Å². The fourth-order valence-corrected chi connectivity index (χ4v) is 4.20. The minimum absolute atomic E-state index is 0.155. The van der Waals surface area contributed by atoms with Crippen molar-refractivity contribution in [3.8, 4) is 0 Å². The highest BCUT2D eigenvalue weighted by molar-refractivity contribution is 7.10. The van der Waals surface area contributed by atoms with Gasteiger partial charge in [0.05, 0.1) is 19.2 Å². The maximum absolute atomic E-state index is 12.3. The SMILES string of the molecule is COC(=O)c1ccc(NC(=O)C(=O)NCC(O)(c2ccsc2)c2cccs2)cc1. The Morgan fingerprint density at radius 3 is 2.41 bits per heavy atom. The summed E-state index contributed by atoms with van der Waals surface area (Å²) in [6, 6.07) is 11.3. The molecule has 0 aliphatic heterocycles. The minimum atomic E-state index is -1.42. The van der Waals surface area contributed by atoms with E-state index in [-0.39, 0.29) is 6.54 Å². The van der Waals surface area contributed by atoms with E-state index in [1.807, 2.05) is 16.8 Å². The van der Waals surface area contributed by atoms with Crippen molar-refractivity contribution in [3.63, 3.8) is 0 Å². The van der Waals surface area contributed by atoms with Crippen molar-refractivity contribution in [2.75, 3.05) is 19.0 Å². The molecule has 0 saturated heterocycles. The summed E-state index contributed by atoms with van der Waals surface area (Å²) in [5, 5.41) is 21.6. The van der Waals surface area contributed by atoms with Crippen LogP contribution in [0.15, 0.2) is 58.6 Å². The molecule has 1 atom stereocenters. The highest BCUT2D eigenvalue weighted by atomic mass is 32.1. The topological polar surface area (TPSA) is 105 Å². The summed E-state index contributed by atoms with van der Waals surface area (Å²) in [4.78, 5) is 36.5. The monoisotopic (exact) mass is 430 g/mol. The van der Waals surface area contributed by atoms with E-state index < -0.39 is 23.4 Å². The Morgan fingerprint density at radius 1 is 1.07 bits per heavy atom. The molecule has 3 rings (SSSR count). The quantitative estimate of drug-likeness (QED) is 0.412. The molecule has 2 heterocycles. The fraction of sp³-hybridized carbons (Fsp3) is 0.150. The van der Waals surface area contributed by atoms with Gasteiger partial charge in [-0.3, -0.25) is 9.59 Å². The second-order valence-electron chi connectivity index (χ2n) is 6.06. The van der Waals surface area contributed by atoms with E-state index in [1.165, 1.54) is 54.0 Å². The first-order valence-electron chi connectivity index (χ1n) is 8.50. The molecule has 1 unspecified atom stereocenters. The summed E-state index contributed by atoms with van der Waals surface area (Å²) < 4.78 is 4.61. The van der Waals surface area contributed by atoms with Crippen LogP contribution in [-0.2, 0) is 19.9 Å². The van der Waals surface area contributed by atoms with Gasteiger partial charge >= 0.3 is 17.8 Å². The minimum Gasteiger partial charge on any atom is -0.465 e. The van der Waals surface area contributed by atoms with Gasteiger partial charge < -0.3 is 20.5 Å². The molecule has 2 aromatic heterocycles. The molecule has 0 aliphatic carbocycles. The van der Waals surface area contributed by atoms with E-state index in [2.05, 4.69) is 15.4 Å². The number of hydrogen-bond acceptors (Lipinski definition) is 7. The molecule has 0 aliphatic rings. The zero-order valence-electron chi connectivity index (χ0n) is 15.4. The average molecular weight is 431 g/mol. The van der Waals surface area contributed by atoms with E-state index in [1.54, 1.807) is 17.5 Å². The van der Waals surface area contributed by atoms with Crippen LogP contribution in [-0.4, -0.2) is 36.5 Å². The van der Waals surface area contributed by atoms with E-state index in [9.17, 15) is 19.5 Å². The van der Waals surface area contributed by atoms with Gasteiger partial charge in [0.1, 0.15) is 5.60 Å². The Balaban J connectivity index is 1.64. The van der Waals surface area contributed by atoms with Crippen LogP contribution in [0.3, 0.4) is 0 Å². The Morgan fingerprint density at radius 2 is 1.83 bits per heavy atom. The van der Waals surface area contributed by atoms with Crippen molar-refractivity contribution < 1.29 is 24.2 Å². The molecule has 7 nitrogen and oxygen atoms in total. The van der Waals surface area contributed by atoms with E-state index >= 15 is 0 Å². The lowest BCUT2D eigenvalue weighted by atomic mass is 9.94. The van der Waals surface area contributed by atoms with Gasteiger partial charge in [-0.05, 0) is 52.5 Å². The van der Waals surface area contributed by atoms with Crippen molar-refractivity contribution >= 4 is 46.1 Å². The molecule has 1 aromatic carbocycles. The third-order valence-electron chi connectivity index (χ3n) is 4.20. The number of esters is 1. The second-order valence-corrected chi connectivity index (χ2v) is 7.78. The smallest absolute Gasteiger partial charge is 0.337 e. The van der Waals surface area contributed by atoms with Crippen LogP contribution in [0.2, 0.25) is 0 Å². The predicted molar refractivity (Wildman–Crippen MR) is 111 cm³/mol. The van der Waals surface area contributed by atoms with Crippen molar-refractivity contribution in [2.45, 2.75) is 5.60 Å². The summed E-state index contributed by atoms with van der Waals surface area (Å²) in [5.74, 6) is -2.26. The summed E-state index contributed by atoms with van der Waals surface area (Å²) in [7, 11) is 1.27. The van der Waals surface area contributed by atoms with Gasteiger partial charge in [-0.25, -0.2) is 4.79 Å². The van der Waals surface area contributed by atoms with Crippen LogP contribution < -0.4 is 10.6 Å². The maximum Gasteiger partial charge on any atom is 0.337 e. The summed E-state index contributed by atoms with van der Waals surface area (Å²) in [6.45, 7) is -0.155. The molecular weight excluding hydrogens is 412 g/mol. The molecule has 2 amide bonds. The molecule has 0 fully saturated rings. The van der Waals surface area contributed by atoms with Crippen molar-refractivity contribution in [1.82, 2.24) is 5.32 Å². The van der Waals surface area contributed by atoms with Gasteiger partial charge in [0, 0.05) is 16.1 Å². The van der Waals surface area contributed by atoms with E-state index in [4.69, 9.17) is 0 Å². The fourth-order valence-electron chi connectivity index (χ4n) is 2.63. The number of thiophene rings is 2. The van der Waals surface area contributed by atoms with Gasteiger partial charge in [-0.2, -0.15) is 11.3 Å². The molecule has 9 heteroatoms. The number of hydrogen-bond donors (Lipinski definition) is 3. The molecular formula is C20H18N2O5S2. The third-order valence-corrected chi connectivity index (χ3v) is 5.91. The second kappa shape index (κ2) is 8.99. The Kier molecular flexibility index (Phi) is 6.42. The first kappa shape index (κ1) is 20.7. The molecule has 3 N–H and O–H groups in total. The molecule has 3 aromatic rings. The number of methoxy groups -OCH3 is 1. The van der Waals surface area contributed by atoms with Crippen LogP contribution in [0, 0.1) is 0 Å². The zero-order chi connectivity index (χ0) is 20.9. The first-order valence-corrected chi connectivity index (χ1v) is 10.3. The number of amides is 2. The van der Waals surface area contributed by atoms with Crippen LogP contribution in [0.4, 0.5) is 5.69 Å². The number of benzene rings is 1. The molecule has 0 saturated carbocycles. The molecule has 29 heavy (non-hydrogen) atoms. The molecule has 0 spiro atoms. The lowest BCUT2D eigenvalue weighted by Gasteiger charge is -2.26. The zero-order valence-corrected chi connectivity index (χ0v) is 17.0. The summed E-state index contributed by atoms with van der Waals surface area (Å²) in [6.07, 6.45) is 0. The lowest BCUT2D eigenvalue weighted by molar-refractivity contribution is -0.136. The maximum atomic E-state index is 12.3. The highest BCUT2D eigenvalue weighted by Crippen LogP contribution is 2.33. The van der Waals surface area contributed by atoms with Crippen LogP contribution in [0.5, 0.6) is 0 Å². The first-order chi connectivity index (χ1) is 13.9. The van der Waals surface area contributed by atoms with Crippen molar-refractivity contribution in [1.29, 1.82) is 0 Å². The van der Waals surface area contributed by atoms with Crippen molar-refractivity contribution in [2.24, 2.45) is 0 Å². The largest absolute Gasteiger partial charge is 0.465 e. The Labute approximate surface area is 175 Å². The van der Waals surface area contributed by atoms with Crippen LogP contribution in [0.1, 0.15) is 20.8 Å². The van der Waals surface area contributed by atoms with E-state index in [0.29, 0.717) is 21.7 Å². The Hall–Kier alpha value is -3.01. The molecule has 0 bridgehead atoms. The van der Waals surface area contributed by atoms with Crippen molar-refractivity contribution in [3.05, 3.63) is 74.6 Å². The highest BCUT2D eigenvalue weighted by Gasteiger charge is 2.34. The van der Waals surface area contributed by atoms with Gasteiger partial charge in [-0.1, -0.05) is 6.07 Å². The molecule has 0 radical (unpaired) electrons. The molecule has 150 valence electrons. The number of carbonyl (C=O) groups is 3. The number of ether oxygens (including phenoxy) is 1. The van der Waals surface area contributed by atoms with Crippen LogP contribution in [0.25, 0.3) is 0 Å². The van der Waals surface area contributed by atoms with Gasteiger partial charge in [-0.15, -0.1) is 11.3 Å². The van der Waals surface area contributed by atoms with Gasteiger partial charge in [0.25, 0.3) is 0 Å². The number of aliphatic hydroxyl groups is 1. The average Bonchev–Trinajstić information content (AvgIpc) is 3.46. The van der Waals surface area contributed by atoms with E-state index in [0.717, 1.165) is 0 Å². The lowest BCUT2D eigenvalue weighted by Crippen LogP contribution is -2.44. The van der Waals surface area contributed by atoms with Gasteiger partial charge in [0.15, 0.2) is 0 Å². The summed E-state index contributed by atoms with van der Waals surface area (Å²) in [5.41, 5.74) is -0.105. The Bertz CT molecular complexity index is 948. The summed E-state index contributed by atoms with van der Waals surface area (Å²) >= 11 is 2.79. The van der Waals surface area contributed by atoms with Gasteiger partial charge in [0.2, 0.25) is 0 Å². The number of nitrogens with one attached hydrogen (secondary N) is 2. The number of anilines is 1.